The van der Waals surface area contributed by atoms with Crippen molar-refractivity contribution in [2.24, 2.45) is 12.0 Å². The third-order valence-electron chi connectivity index (χ3n) is 3.29. The van der Waals surface area contributed by atoms with Crippen molar-refractivity contribution in [2.75, 3.05) is 26.4 Å². The zero-order chi connectivity index (χ0) is 16.7. The molecule has 0 radical (unpaired) electrons. The summed E-state index contributed by atoms with van der Waals surface area (Å²) in [6, 6.07) is 2.13. The van der Waals surface area contributed by atoms with Gasteiger partial charge >= 0.3 is 0 Å². The van der Waals surface area contributed by atoms with E-state index >= 15 is 0 Å². The standard InChI is InChI=1S/C15H22BrN5S2.HI/c1-17-14(18-5-4-7-22-15-19-6-8-23-15)21(3)11-13-9-12(16)10-20(13)2;/h6,8-10H,4-5,7,11H2,1-3H3,(H,17,18);1H. The summed E-state index contributed by atoms with van der Waals surface area (Å²) in [6.45, 7) is 1.72. The van der Waals surface area contributed by atoms with Crippen LogP contribution < -0.4 is 5.32 Å². The van der Waals surface area contributed by atoms with Crippen molar-refractivity contribution in [3.8, 4) is 0 Å². The van der Waals surface area contributed by atoms with Crippen LogP contribution in [0, 0.1) is 0 Å². The number of halogens is 2. The second kappa shape index (κ2) is 11.4. The fourth-order valence-electron chi connectivity index (χ4n) is 2.14. The molecule has 5 nitrogen and oxygen atoms in total. The van der Waals surface area contributed by atoms with Gasteiger partial charge in [-0.1, -0.05) is 11.8 Å². The molecule has 134 valence electrons. The maximum absolute atomic E-state index is 4.36. The fraction of sp³-hybridized carbons (Fsp3) is 0.467. The van der Waals surface area contributed by atoms with Crippen LogP contribution in [0.1, 0.15) is 12.1 Å². The number of hydrogen-bond acceptors (Lipinski definition) is 4. The summed E-state index contributed by atoms with van der Waals surface area (Å²) in [5.74, 6) is 1.98. The van der Waals surface area contributed by atoms with Crippen LogP contribution in [-0.4, -0.2) is 46.8 Å². The van der Waals surface area contributed by atoms with Gasteiger partial charge in [-0.2, -0.15) is 0 Å². The van der Waals surface area contributed by atoms with Crippen LogP contribution in [0.25, 0.3) is 0 Å². The number of guanidine groups is 1. The van der Waals surface area contributed by atoms with Crippen LogP contribution in [0.5, 0.6) is 0 Å². The normalized spacial score (nSPS) is 11.2. The zero-order valence-corrected chi connectivity index (χ0v) is 19.6. The highest BCUT2D eigenvalue weighted by Gasteiger charge is 2.09. The van der Waals surface area contributed by atoms with Crippen LogP contribution in [0.15, 0.2) is 37.6 Å². The summed E-state index contributed by atoms with van der Waals surface area (Å²) < 4.78 is 4.37. The van der Waals surface area contributed by atoms with Gasteiger partial charge in [0, 0.05) is 61.4 Å². The van der Waals surface area contributed by atoms with Gasteiger partial charge in [-0.05, 0) is 28.4 Å². The second-order valence-electron chi connectivity index (χ2n) is 5.09. The Bertz CT molecular complexity index is 630. The lowest BCUT2D eigenvalue weighted by molar-refractivity contribution is 0.462. The molecule has 0 bridgehead atoms. The second-order valence-corrected chi connectivity index (χ2v) is 8.24. The number of aromatic nitrogens is 2. The van der Waals surface area contributed by atoms with Gasteiger partial charge < -0.3 is 14.8 Å². The highest BCUT2D eigenvalue weighted by atomic mass is 127. The van der Waals surface area contributed by atoms with Gasteiger partial charge in [-0.15, -0.1) is 35.3 Å². The van der Waals surface area contributed by atoms with E-state index in [4.69, 9.17) is 0 Å². The van der Waals surface area contributed by atoms with Crippen molar-refractivity contribution in [1.82, 2.24) is 19.8 Å². The molecule has 9 heteroatoms. The molecule has 0 atom stereocenters. The number of thioether (sulfide) groups is 1. The summed E-state index contributed by atoms with van der Waals surface area (Å²) >= 11 is 7.01. The van der Waals surface area contributed by atoms with E-state index < -0.39 is 0 Å². The molecular weight excluding hydrogens is 521 g/mol. The topological polar surface area (TPSA) is 45.5 Å². The molecule has 0 aromatic carbocycles. The fourth-order valence-corrected chi connectivity index (χ4v) is 4.36. The number of aliphatic imine (C=N–C) groups is 1. The molecule has 2 aromatic heterocycles. The Morgan fingerprint density at radius 3 is 2.92 bits per heavy atom. The first-order valence-corrected chi connectivity index (χ1v) is 10.0. The quantitative estimate of drug-likeness (QED) is 0.188. The summed E-state index contributed by atoms with van der Waals surface area (Å²) in [6.07, 6.45) is 4.99. The summed E-state index contributed by atoms with van der Waals surface area (Å²) in [7, 11) is 5.94. The molecule has 0 aliphatic heterocycles. The average molecular weight is 544 g/mol. The Kier molecular flexibility index (Phi) is 10.3. The van der Waals surface area contributed by atoms with Crippen LogP contribution in [0.4, 0.5) is 0 Å². The Hall–Kier alpha value is -0.260. The highest BCUT2D eigenvalue weighted by Crippen LogP contribution is 2.20. The van der Waals surface area contributed by atoms with Crippen LogP contribution >= 0.6 is 63.0 Å². The van der Waals surface area contributed by atoms with E-state index in [9.17, 15) is 0 Å². The van der Waals surface area contributed by atoms with Gasteiger partial charge in [0.15, 0.2) is 5.96 Å². The van der Waals surface area contributed by atoms with E-state index in [0.717, 1.165) is 40.0 Å². The predicted octanol–water partition coefficient (Wildman–Crippen LogP) is 4.05. The predicted molar refractivity (Wildman–Crippen MR) is 119 cm³/mol. The first-order valence-electron chi connectivity index (χ1n) is 7.35. The molecule has 0 fully saturated rings. The minimum absolute atomic E-state index is 0. The van der Waals surface area contributed by atoms with Crippen LogP contribution in [-0.2, 0) is 13.6 Å². The summed E-state index contributed by atoms with van der Waals surface area (Å²) in [5.41, 5.74) is 1.24. The molecule has 0 amide bonds. The third-order valence-corrected chi connectivity index (χ3v) is 5.77. The minimum atomic E-state index is 0. The average Bonchev–Trinajstić information content (AvgIpc) is 3.13. The summed E-state index contributed by atoms with van der Waals surface area (Å²) in [5, 5.41) is 5.43. The first-order chi connectivity index (χ1) is 11.1. The molecule has 0 aliphatic rings. The van der Waals surface area contributed by atoms with Crippen molar-refractivity contribution in [3.63, 3.8) is 0 Å². The molecule has 2 aromatic rings. The van der Waals surface area contributed by atoms with E-state index in [1.807, 2.05) is 30.4 Å². The van der Waals surface area contributed by atoms with E-state index in [1.54, 1.807) is 11.3 Å². The molecular formula is C15H23BrIN5S2. The monoisotopic (exact) mass is 543 g/mol. The number of aryl methyl sites for hydroxylation is 1. The van der Waals surface area contributed by atoms with Crippen LogP contribution in [0.2, 0.25) is 0 Å². The maximum atomic E-state index is 4.36. The lowest BCUT2D eigenvalue weighted by Crippen LogP contribution is -2.39. The molecule has 0 aliphatic carbocycles. The van der Waals surface area contributed by atoms with Gasteiger partial charge in [0.1, 0.15) is 4.34 Å². The Morgan fingerprint density at radius 2 is 2.33 bits per heavy atom. The number of thiazole rings is 1. The smallest absolute Gasteiger partial charge is 0.193 e. The molecule has 0 spiro atoms. The molecule has 0 saturated heterocycles. The molecule has 24 heavy (non-hydrogen) atoms. The van der Waals surface area contributed by atoms with Crippen molar-refractivity contribution >= 4 is 69.0 Å². The molecule has 1 N–H and O–H groups in total. The maximum Gasteiger partial charge on any atom is 0.193 e. The minimum Gasteiger partial charge on any atom is -0.356 e. The number of rotatable bonds is 7. The van der Waals surface area contributed by atoms with Gasteiger partial charge in [-0.3, -0.25) is 4.99 Å². The van der Waals surface area contributed by atoms with Crippen molar-refractivity contribution in [2.45, 2.75) is 17.3 Å². The molecule has 2 rings (SSSR count). The molecule has 2 heterocycles. The van der Waals surface area contributed by atoms with E-state index in [0.29, 0.717) is 0 Å². The van der Waals surface area contributed by atoms with Crippen molar-refractivity contribution < 1.29 is 0 Å². The largest absolute Gasteiger partial charge is 0.356 e. The lowest BCUT2D eigenvalue weighted by atomic mass is 10.4. The highest BCUT2D eigenvalue weighted by molar-refractivity contribution is 14.0. The van der Waals surface area contributed by atoms with E-state index in [1.165, 1.54) is 5.69 Å². The van der Waals surface area contributed by atoms with E-state index in [2.05, 4.69) is 67.0 Å². The SMILES string of the molecule is CN=C(NCCCSc1nccs1)N(C)Cc1cc(Br)cn1C.I. The Balaban J connectivity index is 0.00000288. The molecule has 0 unspecified atom stereocenters. The number of nitrogens with one attached hydrogen (secondary N) is 1. The van der Waals surface area contributed by atoms with Gasteiger partial charge in [0.25, 0.3) is 0 Å². The van der Waals surface area contributed by atoms with Crippen molar-refractivity contribution in [3.05, 3.63) is 34.0 Å². The first kappa shape index (κ1) is 21.8. The summed E-state index contributed by atoms with van der Waals surface area (Å²) in [4.78, 5) is 10.8. The van der Waals surface area contributed by atoms with Crippen LogP contribution in [0.3, 0.4) is 0 Å². The van der Waals surface area contributed by atoms with Gasteiger partial charge in [0.05, 0.1) is 6.54 Å². The van der Waals surface area contributed by atoms with Gasteiger partial charge in [0.2, 0.25) is 0 Å². The molecule has 0 saturated carbocycles. The number of nitrogens with zero attached hydrogens (tertiary/aromatic N) is 4. The Labute approximate surface area is 177 Å². The van der Waals surface area contributed by atoms with E-state index in [-0.39, 0.29) is 24.0 Å². The number of hydrogen-bond donors (Lipinski definition) is 1. The van der Waals surface area contributed by atoms with Gasteiger partial charge in [-0.25, -0.2) is 4.98 Å². The van der Waals surface area contributed by atoms with Crippen molar-refractivity contribution in [1.29, 1.82) is 0 Å². The lowest BCUT2D eigenvalue weighted by Gasteiger charge is -2.22. The Morgan fingerprint density at radius 1 is 1.54 bits per heavy atom. The third kappa shape index (κ3) is 6.93. The zero-order valence-electron chi connectivity index (χ0n) is 14.0.